The van der Waals surface area contributed by atoms with E-state index < -0.39 is 43.9 Å². The maximum absolute atomic E-state index is 11.8. The third-order valence-electron chi connectivity index (χ3n) is 3.34. The molecule has 0 saturated carbocycles. The van der Waals surface area contributed by atoms with Gasteiger partial charge >= 0.3 is 13.5 Å². The molecule has 1 aromatic rings. The summed E-state index contributed by atoms with van der Waals surface area (Å²) in [6, 6.07) is 1.32. The van der Waals surface area contributed by atoms with Gasteiger partial charge in [-0.15, -0.1) is 0 Å². The number of nitrogens with two attached hydrogens (primary N) is 2. The summed E-state index contributed by atoms with van der Waals surface area (Å²) in [6.45, 7) is 0.0996. The highest BCUT2D eigenvalue weighted by Gasteiger charge is 2.52. The van der Waals surface area contributed by atoms with E-state index >= 15 is 0 Å². The van der Waals surface area contributed by atoms with Crippen molar-refractivity contribution >= 4 is 13.6 Å². The Hall–Kier alpha value is -1.42. The van der Waals surface area contributed by atoms with Gasteiger partial charge in [-0.3, -0.25) is 4.57 Å². The van der Waals surface area contributed by atoms with Crippen LogP contribution >= 0.6 is 7.80 Å². The summed E-state index contributed by atoms with van der Waals surface area (Å²) in [5.41, 5.74) is 9.86. The molecule has 7 N–H and O–H groups in total. The fourth-order valence-electron chi connectivity index (χ4n) is 2.20. The first-order valence-corrected chi connectivity index (χ1v) is 8.06. The Labute approximate surface area is 126 Å². The molecule has 1 aliphatic heterocycles. The molecule has 1 fully saturated rings. The normalized spacial score (nSPS) is 30.3. The molecular formula is C11H18N4O6P+. The number of hydrogen-bond donors (Lipinski definition) is 5. The summed E-state index contributed by atoms with van der Waals surface area (Å²) in [5.74, 6) is -1.51. The summed E-state index contributed by atoms with van der Waals surface area (Å²) in [5, 5.41) is 29.9. The van der Waals surface area contributed by atoms with E-state index in [9.17, 15) is 24.7 Å². The van der Waals surface area contributed by atoms with Gasteiger partial charge in [-0.1, -0.05) is 4.57 Å². The molecule has 0 radical (unpaired) electrons. The second-order valence-corrected chi connectivity index (χ2v) is 6.67. The lowest BCUT2D eigenvalue weighted by atomic mass is 10.1. The second-order valence-electron chi connectivity index (χ2n) is 4.86. The smallest absolute Gasteiger partial charge is 0.374 e. The molecule has 2 rings (SSSR count). The van der Waals surface area contributed by atoms with E-state index in [1.54, 1.807) is 0 Å². The molecule has 1 aromatic heterocycles. The van der Waals surface area contributed by atoms with Gasteiger partial charge in [0.1, 0.15) is 18.0 Å². The van der Waals surface area contributed by atoms with Crippen LogP contribution < -0.4 is 17.2 Å². The van der Waals surface area contributed by atoms with E-state index in [1.807, 2.05) is 0 Å². The molecule has 0 bridgehead atoms. The molecule has 0 spiro atoms. The Morgan fingerprint density at radius 1 is 1.45 bits per heavy atom. The zero-order chi connectivity index (χ0) is 16.4. The first kappa shape index (κ1) is 16.9. The van der Waals surface area contributed by atoms with E-state index in [4.69, 9.17) is 16.2 Å². The lowest BCUT2D eigenvalue weighted by Crippen LogP contribution is -2.38. The van der Waals surface area contributed by atoms with Gasteiger partial charge in [0.25, 0.3) is 5.85 Å². The average molecular weight is 333 g/mol. The number of hydrogen-bond acceptors (Lipinski definition) is 9. The molecule has 0 aliphatic carbocycles. The van der Waals surface area contributed by atoms with E-state index in [2.05, 4.69) is 4.98 Å². The highest BCUT2D eigenvalue weighted by atomic mass is 31.1. The predicted octanol–water partition coefficient (Wildman–Crippen LogP) is -2.45. The van der Waals surface area contributed by atoms with Gasteiger partial charge in [0.05, 0.1) is 0 Å². The zero-order valence-corrected chi connectivity index (χ0v) is 12.4. The summed E-state index contributed by atoms with van der Waals surface area (Å²) >= 11 is 0. The van der Waals surface area contributed by atoms with Gasteiger partial charge < -0.3 is 31.5 Å². The minimum absolute atomic E-state index is 0.00288. The summed E-state index contributed by atoms with van der Waals surface area (Å²) in [6.07, 6.45) is -4.28. The number of anilines is 1. The maximum Gasteiger partial charge on any atom is 0.374 e. The summed E-state index contributed by atoms with van der Waals surface area (Å²) in [7, 11) is -2.14. The van der Waals surface area contributed by atoms with Crippen molar-refractivity contribution in [3.05, 3.63) is 22.7 Å². The molecule has 0 amide bonds. The number of ether oxygens (including phenoxy) is 1. The molecule has 1 aliphatic rings. The Morgan fingerprint density at radius 2 is 2.14 bits per heavy atom. The molecule has 11 heteroatoms. The molecule has 122 valence electrons. The largest absolute Gasteiger partial charge is 0.387 e. The van der Waals surface area contributed by atoms with Crippen LogP contribution in [-0.4, -0.2) is 61.7 Å². The summed E-state index contributed by atoms with van der Waals surface area (Å²) < 4.78 is 18.1. The lowest BCUT2D eigenvalue weighted by Gasteiger charge is -2.16. The Bertz CT molecular complexity index is 610. The molecular weight excluding hydrogens is 315 g/mol. The van der Waals surface area contributed by atoms with Crippen molar-refractivity contribution in [2.45, 2.75) is 30.4 Å². The third kappa shape index (κ3) is 3.17. The van der Waals surface area contributed by atoms with Gasteiger partial charge in [0.15, 0.2) is 18.5 Å². The van der Waals surface area contributed by atoms with Crippen LogP contribution in [-0.2, 0) is 9.30 Å². The fourth-order valence-corrected chi connectivity index (χ4v) is 3.30. The Balaban J connectivity index is 2.23. The van der Waals surface area contributed by atoms with E-state index in [0.717, 1.165) is 4.57 Å². The number of nitrogens with zero attached hydrogens (tertiary/aromatic N) is 2. The minimum atomic E-state index is -2.14. The van der Waals surface area contributed by atoms with Crippen molar-refractivity contribution in [1.29, 1.82) is 0 Å². The standard InChI is InChI=1S/C11H17N4O6P/c12-2-4-22(20)10(18)8-6(16)7(17)9(21-8)15-3-1-5(13)14-11(15)19/h1,3,6-10,16-18H,2,4,12H2,(H-,13,14,19)/p+1/t6-,7-,8-,9+,10?/m0/s1. The fraction of sp³-hybridized carbons (Fsp3) is 0.636. The summed E-state index contributed by atoms with van der Waals surface area (Å²) in [4.78, 5) is 15.2. The third-order valence-corrected chi connectivity index (χ3v) is 4.92. The number of aliphatic hydroxyl groups is 3. The van der Waals surface area contributed by atoms with Gasteiger partial charge in [-0.2, -0.15) is 4.98 Å². The van der Waals surface area contributed by atoms with Crippen molar-refractivity contribution in [2.75, 3.05) is 18.4 Å². The van der Waals surface area contributed by atoms with Crippen LogP contribution in [0.25, 0.3) is 0 Å². The number of rotatable bonds is 5. The Morgan fingerprint density at radius 3 is 2.73 bits per heavy atom. The Kier molecular flexibility index (Phi) is 5.22. The number of aromatic nitrogens is 2. The van der Waals surface area contributed by atoms with Crippen LogP contribution in [0, 0.1) is 0 Å². The van der Waals surface area contributed by atoms with E-state index in [0.29, 0.717) is 0 Å². The van der Waals surface area contributed by atoms with Gasteiger partial charge in [-0.25, -0.2) is 4.79 Å². The minimum Gasteiger partial charge on any atom is -0.387 e. The quantitative estimate of drug-likeness (QED) is 0.366. The zero-order valence-electron chi connectivity index (χ0n) is 11.5. The van der Waals surface area contributed by atoms with E-state index in [-0.39, 0.29) is 18.5 Å². The van der Waals surface area contributed by atoms with Crippen molar-refractivity contribution in [3.63, 3.8) is 0 Å². The first-order valence-electron chi connectivity index (χ1n) is 6.55. The SMILES string of the molecule is NCC[P+](=O)C(O)[C@H]1O[C@@H](n2ccc(N)nc2=O)[C@@H](O)[C@@H]1O. The van der Waals surface area contributed by atoms with E-state index in [1.165, 1.54) is 12.3 Å². The first-order chi connectivity index (χ1) is 10.4. The van der Waals surface area contributed by atoms with Crippen LogP contribution in [0.1, 0.15) is 6.23 Å². The van der Waals surface area contributed by atoms with Gasteiger partial charge in [-0.05, 0) is 6.07 Å². The number of aliphatic hydroxyl groups excluding tert-OH is 3. The number of nitrogen functional groups attached to an aromatic ring is 1. The molecule has 1 saturated heterocycles. The monoisotopic (exact) mass is 333 g/mol. The predicted molar refractivity (Wildman–Crippen MR) is 76.4 cm³/mol. The van der Waals surface area contributed by atoms with Crippen LogP contribution in [0.4, 0.5) is 5.82 Å². The molecule has 2 unspecified atom stereocenters. The van der Waals surface area contributed by atoms with Gasteiger partial charge in [0.2, 0.25) is 0 Å². The maximum atomic E-state index is 11.8. The van der Waals surface area contributed by atoms with Crippen LogP contribution in [0.5, 0.6) is 0 Å². The average Bonchev–Trinajstić information content (AvgIpc) is 2.75. The van der Waals surface area contributed by atoms with Crippen molar-refractivity contribution in [2.24, 2.45) is 5.73 Å². The van der Waals surface area contributed by atoms with Crippen LogP contribution in [0.15, 0.2) is 17.1 Å². The molecule has 6 atom stereocenters. The van der Waals surface area contributed by atoms with Crippen molar-refractivity contribution < 1.29 is 24.6 Å². The second kappa shape index (κ2) is 6.78. The molecule has 22 heavy (non-hydrogen) atoms. The van der Waals surface area contributed by atoms with Crippen LogP contribution in [0.2, 0.25) is 0 Å². The van der Waals surface area contributed by atoms with Crippen molar-refractivity contribution in [3.8, 4) is 0 Å². The highest BCUT2D eigenvalue weighted by Crippen LogP contribution is 2.38. The highest BCUT2D eigenvalue weighted by molar-refractivity contribution is 7.45. The van der Waals surface area contributed by atoms with Gasteiger partial charge in [0, 0.05) is 12.7 Å². The lowest BCUT2D eigenvalue weighted by molar-refractivity contribution is -0.0646. The molecule has 10 nitrogen and oxygen atoms in total. The van der Waals surface area contributed by atoms with Crippen LogP contribution in [0.3, 0.4) is 0 Å². The van der Waals surface area contributed by atoms with Crippen molar-refractivity contribution in [1.82, 2.24) is 9.55 Å². The molecule has 2 heterocycles. The molecule has 0 aromatic carbocycles. The topological polar surface area (TPSA) is 174 Å².